The highest BCUT2D eigenvalue weighted by Gasteiger charge is 2.37. The highest BCUT2D eigenvalue weighted by atomic mass is 35.5. The van der Waals surface area contributed by atoms with Crippen LogP contribution in [-0.4, -0.2) is 20.2 Å². The standard InChI is InChI=1S/C16H16ClNO2S/c17-14-7-3-1-5-11(14)9-15(18)13-10-21(19,20)16-8-4-2-6-12(13)16/h1-8,13,15H,9-10,18H2. The summed E-state index contributed by atoms with van der Waals surface area (Å²) in [6.07, 6.45) is 0.564. The van der Waals surface area contributed by atoms with Crippen molar-refractivity contribution in [1.29, 1.82) is 0 Å². The number of fused-ring (bicyclic) bond motifs is 1. The summed E-state index contributed by atoms with van der Waals surface area (Å²) in [5.74, 6) is -0.0970. The second-order valence-electron chi connectivity index (χ2n) is 5.39. The van der Waals surface area contributed by atoms with Crippen molar-refractivity contribution in [2.24, 2.45) is 5.73 Å². The number of nitrogens with two attached hydrogens (primary N) is 1. The summed E-state index contributed by atoms with van der Waals surface area (Å²) < 4.78 is 24.4. The van der Waals surface area contributed by atoms with E-state index in [4.69, 9.17) is 17.3 Å². The first-order valence-corrected chi connectivity index (χ1v) is 8.83. The van der Waals surface area contributed by atoms with Crippen molar-refractivity contribution in [1.82, 2.24) is 0 Å². The molecule has 3 nitrogen and oxygen atoms in total. The van der Waals surface area contributed by atoms with Gasteiger partial charge in [-0.1, -0.05) is 48.0 Å². The molecule has 2 N–H and O–H groups in total. The van der Waals surface area contributed by atoms with Gasteiger partial charge in [-0.25, -0.2) is 8.42 Å². The van der Waals surface area contributed by atoms with Crippen molar-refractivity contribution in [3.05, 3.63) is 64.7 Å². The maximum atomic E-state index is 12.2. The summed E-state index contributed by atoms with van der Waals surface area (Å²) in [6, 6.07) is 14.4. The molecule has 0 aliphatic carbocycles. The lowest BCUT2D eigenvalue weighted by atomic mass is 9.90. The molecule has 2 unspecified atom stereocenters. The Hall–Kier alpha value is -1.36. The van der Waals surface area contributed by atoms with E-state index in [1.54, 1.807) is 12.1 Å². The molecule has 2 aromatic rings. The van der Waals surface area contributed by atoms with Crippen LogP contribution in [0, 0.1) is 0 Å². The van der Waals surface area contributed by atoms with E-state index < -0.39 is 9.84 Å². The first-order chi connectivity index (χ1) is 9.99. The smallest absolute Gasteiger partial charge is 0.179 e. The zero-order valence-corrected chi connectivity index (χ0v) is 12.9. The Morgan fingerprint density at radius 2 is 1.81 bits per heavy atom. The predicted octanol–water partition coefficient (Wildman–Crippen LogP) is 2.78. The molecule has 2 aromatic carbocycles. The van der Waals surface area contributed by atoms with Crippen LogP contribution in [0.25, 0.3) is 0 Å². The van der Waals surface area contributed by atoms with Crippen LogP contribution in [0.5, 0.6) is 0 Å². The van der Waals surface area contributed by atoms with E-state index in [1.807, 2.05) is 36.4 Å². The third-order valence-corrected chi connectivity index (χ3v) is 6.19. The second kappa shape index (κ2) is 5.44. The van der Waals surface area contributed by atoms with Gasteiger partial charge in [0.1, 0.15) is 0 Å². The van der Waals surface area contributed by atoms with E-state index in [2.05, 4.69) is 0 Å². The highest BCUT2D eigenvalue weighted by Crippen LogP contribution is 2.37. The number of sulfone groups is 1. The van der Waals surface area contributed by atoms with Gasteiger partial charge < -0.3 is 5.73 Å². The number of hydrogen-bond acceptors (Lipinski definition) is 3. The van der Waals surface area contributed by atoms with Crippen LogP contribution in [0.3, 0.4) is 0 Å². The summed E-state index contributed by atoms with van der Waals surface area (Å²) in [7, 11) is -3.22. The fourth-order valence-corrected chi connectivity index (χ4v) is 5.06. The maximum absolute atomic E-state index is 12.2. The average molecular weight is 322 g/mol. The van der Waals surface area contributed by atoms with E-state index in [1.165, 1.54) is 0 Å². The van der Waals surface area contributed by atoms with Gasteiger partial charge >= 0.3 is 0 Å². The van der Waals surface area contributed by atoms with Gasteiger partial charge in [0, 0.05) is 17.0 Å². The number of rotatable bonds is 3. The Bertz CT molecular complexity index is 773. The lowest BCUT2D eigenvalue weighted by molar-refractivity contribution is 0.559. The quantitative estimate of drug-likeness (QED) is 0.945. The molecule has 0 spiro atoms. The van der Waals surface area contributed by atoms with Crippen LogP contribution in [0.1, 0.15) is 17.0 Å². The van der Waals surface area contributed by atoms with E-state index in [9.17, 15) is 8.42 Å². The minimum atomic E-state index is -3.22. The molecule has 0 saturated heterocycles. The van der Waals surface area contributed by atoms with E-state index in [0.717, 1.165) is 11.1 Å². The van der Waals surface area contributed by atoms with Crippen LogP contribution in [0.2, 0.25) is 5.02 Å². The molecule has 0 saturated carbocycles. The van der Waals surface area contributed by atoms with E-state index in [0.29, 0.717) is 16.3 Å². The van der Waals surface area contributed by atoms with Crippen molar-refractivity contribution in [2.45, 2.75) is 23.3 Å². The van der Waals surface area contributed by atoms with Crippen LogP contribution >= 0.6 is 11.6 Å². The molecule has 110 valence electrons. The molecule has 0 radical (unpaired) electrons. The monoisotopic (exact) mass is 321 g/mol. The Kier molecular flexibility index (Phi) is 3.78. The Balaban J connectivity index is 1.90. The number of hydrogen-bond donors (Lipinski definition) is 1. The van der Waals surface area contributed by atoms with Crippen molar-refractivity contribution in [2.75, 3.05) is 5.75 Å². The molecule has 1 aliphatic heterocycles. The minimum absolute atomic E-state index is 0.0813. The Morgan fingerprint density at radius 1 is 1.14 bits per heavy atom. The van der Waals surface area contributed by atoms with Gasteiger partial charge in [-0.2, -0.15) is 0 Å². The Morgan fingerprint density at radius 3 is 2.57 bits per heavy atom. The summed E-state index contributed by atoms with van der Waals surface area (Å²) in [6.45, 7) is 0. The summed E-state index contributed by atoms with van der Waals surface area (Å²) in [4.78, 5) is 0.421. The molecule has 21 heavy (non-hydrogen) atoms. The van der Waals surface area contributed by atoms with Crippen LogP contribution in [-0.2, 0) is 16.3 Å². The number of halogens is 1. The maximum Gasteiger partial charge on any atom is 0.179 e. The molecule has 0 aromatic heterocycles. The largest absolute Gasteiger partial charge is 0.327 e. The fraction of sp³-hybridized carbons (Fsp3) is 0.250. The topological polar surface area (TPSA) is 60.2 Å². The molecule has 1 aliphatic rings. The van der Waals surface area contributed by atoms with E-state index >= 15 is 0 Å². The first-order valence-electron chi connectivity index (χ1n) is 6.80. The highest BCUT2D eigenvalue weighted by molar-refractivity contribution is 7.91. The molecule has 0 fully saturated rings. The van der Waals surface area contributed by atoms with Gasteiger partial charge in [0.15, 0.2) is 9.84 Å². The van der Waals surface area contributed by atoms with Gasteiger partial charge in [-0.15, -0.1) is 0 Å². The average Bonchev–Trinajstić information content (AvgIpc) is 2.74. The molecular weight excluding hydrogens is 306 g/mol. The summed E-state index contributed by atoms with van der Waals surface area (Å²) in [5.41, 5.74) is 8.08. The zero-order valence-electron chi connectivity index (χ0n) is 11.4. The third kappa shape index (κ3) is 2.71. The zero-order chi connectivity index (χ0) is 15.0. The van der Waals surface area contributed by atoms with Crippen LogP contribution in [0.15, 0.2) is 53.4 Å². The SMILES string of the molecule is NC(Cc1ccccc1Cl)C1CS(=O)(=O)c2ccccc21. The van der Waals surface area contributed by atoms with Crippen molar-refractivity contribution in [3.8, 4) is 0 Å². The molecule has 0 bridgehead atoms. The second-order valence-corrected chi connectivity index (χ2v) is 7.79. The van der Waals surface area contributed by atoms with Gasteiger partial charge in [0.05, 0.1) is 10.6 Å². The van der Waals surface area contributed by atoms with Crippen molar-refractivity contribution >= 4 is 21.4 Å². The van der Waals surface area contributed by atoms with Crippen molar-refractivity contribution in [3.63, 3.8) is 0 Å². The lowest BCUT2D eigenvalue weighted by Gasteiger charge is -2.19. The van der Waals surface area contributed by atoms with Crippen LogP contribution < -0.4 is 5.73 Å². The summed E-state index contributed by atoms with van der Waals surface area (Å²) in [5, 5.41) is 0.669. The van der Waals surface area contributed by atoms with E-state index in [-0.39, 0.29) is 17.7 Å². The molecule has 1 heterocycles. The van der Waals surface area contributed by atoms with Gasteiger partial charge in [0.2, 0.25) is 0 Å². The number of benzene rings is 2. The summed E-state index contributed by atoms with van der Waals surface area (Å²) >= 11 is 6.16. The molecule has 2 atom stereocenters. The first kappa shape index (κ1) is 14.6. The van der Waals surface area contributed by atoms with Crippen LogP contribution in [0.4, 0.5) is 0 Å². The molecular formula is C16H16ClNO2S. The normalized spacial score (nSPS) is 21.0. The fourth-order valence-electron chi connectivity index (χ4n) is 2.90. The van der Waals surface area contributed by atoms with Crippen molar-refractivity contribution < 1.29 is 8.42 Å². The molecule has 5 heteroatoms. The minimum Gasteiger partial charge on any atom is -0.327 e. The lowest BCUT2D eigenvalue weighted by Crippen LogP contribution is -2.32. The molecule has 0 amide bonds. The Labute approximate surface area is 129 Å². The molecule has 3 rings (SSSR count). The van der Waals surface area contributed by atoms with Gasteiger partial charge in [-0.3, -0.25) is 0 Å². The van der Waals surface area contributed by atoms with Gasteiger partial charge in [-0.05, 0) is 29.7 Å². The van der Waals surface area contributed by atoms with Gasteiger partial charge in [0.25, 0.3) is 0 Å². The third-order valence-electron chi connectivity index (χ3n) is 3.98. The predicted molar refractivity (Wildman–Crippen MR) is 84.4 cm³/mol.